The Hall–Kier alpha value is -0.200. The Morgan fingerprint density at radius 1 is 1.33 bits per heavy atom. The quantitative estimate of drug-likeness (QED) is 0.273. The van der Waals surface area contributed by atoms with Gasteiger partial charge in [0.25, 0.3) is 5.97 Å². The highest BCUT2D eigenvalue weighted by Gasteiger charge is 2.27. The summed E-state index contributed by atoms with van der Waals surface area (Å²) in [6.45, 7) is -0.287. The summed E-state index contributed by atoms with van der Waals surface area (Å²) in [5.41, 5.74) is 4.95. The Labute approximate surface area is 52.4 Å². The summed E-state index contributed by atoms with van der Waals surface area (Å²) in [4.78, 5) is 0. The third-order valence-corrected chi connectivity index (χ3v) is 0.938. The van der Waals surface area contributed by atoms with Gasteiger partial charge in [0.15, 0.2) is 0 Å². The summed E-state index contributed by atoms with van der Waals surface area (Å²) in [5, 5.41) is 33.1. The van der Waals surface area contributed by atoms with Crippen molar-refractivity contribution < 1.29 is 20.4 Å². The van der Waals surface area contributed by atoms with Gasteiger partial charge in [0.05, 0.1) is 6.04 Å². The van der Waals surface area contributed by atoms with Crippen molar-refractivity contribution in [2.24, 2.45) is 5.73 Å². The van der Waals surface area contributed by atoms with Gasteiger partial charge in [0, 0.05) is 6.61 Å². The zero-order valence-corrected chi connectivity index (χ0v) is 4.86. The Kier molecular flexibility index (Phi) is 3.02. The molecule has 0 aromatic rings. The Bertz CT molecular complexity index is 79.1. The summed E-state index contributed by atoms with van der Waals surface area (Å²) < 4.78 is 0. The average Bonchev–Trinajstić information content (AvgIpc) is 1.64. The minimum Gasteiger partial charge on any atom is -0.396 e. The van der Waals surface area contributed by atoms with Crippen molar-refractivity contribution in [3.05, 3.63) is 0 Å². The van der Waals surface area contributed by atoms with E-state index >= 15 is 0 Å². The Morgan fingerprint density at radius 2 is 1.78 bits per heavy atom. The van der Waals surface area contributed by atoms with E-state index in [-0.39, 0.29) is 13.0 Å². The first-order chi connectivity index (χ1) is 3.98. The normalized spacial score (nSPS) is 15.7. The lowest BCUT2D eigenvalue weighted by molar-refractivity contribution is -0.323. The predicted octanol–water partition coefficient (Wildman–Crippen LogP) is -2.67. The van der Waals surface area contributed by atoms with Crippen LogP contribution in [0.3, 0.4) is 0 Å². The van der Waals surface area contributed by atoms with Crippen LogP contribution in [0.15, 0.2) is 0 Å². The third-order valence-electron chi connectivity index (χ3n) is 0.938. The Morgan fingerprint density at radius 3 is 1.89 bits per heavy atom. The molecular weight excluding hydrogens is 126 g/mol. The van der Waals surface area contributed by atoms with Crippen molar-refractivity contribution >= 4 is 0 Å². The van der Waals surface area contributed by atoms with E-state index in [2.05, 4.69) is 0 Å². The van der Waals surface area contributed by atoms with Gasteiger partial charge in [0.1, 0.15) is 0 Å². The third kappa shape index (κ3) is 3.39. The zero-order chi connectivity index (χ0) is 7.49. The lowest BCUT2D eigenvalue weighted by Crippen LogP contribution is -2.48. The van der Waals surface area contributed by atoms with Crippen LogP contribution in [0.5, 0.6) is 0 Å². The molecule has 0 aliphatic heterocycles. The van der Waals surface area contributed by atoms with Crippen LogP contribution < -0.4 is 5.73 Å². The smallest absolute Gasteiger partial charge is 0.291 e. The van der Waals surface area contributed by atoms with E-state index in [1.54, 1.807) is 0 Å². The molecule has 6 N–H and O–H groups in total. The van der Waals surface area contributed by atoms with Crippen molar-refractivity contribution in [3.8, 4) is 0 Å². The van der Waals surface area contributed by atoms with Crippen molar-refractivity contribution in [1.82, 2.24) is 0 Å². The fraction of sp³-hybridized carbons (Fsp3) is 1.00. The minimum atomic E-state index is -2.87. The van der Waals surface area contributed by atoms with Gasteiger partial charge >= 0.3 is 0 Å². The lowest BCUT2D eigenvalue weighted by atomic mass is 10.2. The molecule has 0 aliphatic carbocycles. The second-order valence-corrected chi connectivity index (χ2v) is 1.81. The fourth-order valence-electron chi connectivity index (χ4n) is 0.333. The standard InChI is InChI=1S/C4H11NO4/c5-3(1-2-6)4(7,8)9/h3,6-9H,1-2,5H2. The van der Waals surface area contributed by atoms with Crippen molar-refractivity contribution in [1.29, 1.82) is 0 Å². The van der Waals surface area contributed by atoms with Gasteiger partial charge in [-0.3, -0.25) is 0 Å². The molecule has 1 unspecified atom stereocenters. The summed E-state index contributed by atoms with van der Waals surface area (Å²) in [6.07, 6.45) is -0.0521. The van der Waals surface area contributed by atoms with Crippen LogP contribution in [0.25, 0.3) is 0 Å². The van der Waals surface area contributed by atoms with Crippen LogP contribution in [0.2, 0.25) is 0 Å². The maximum atomic E-state index is 8.29. The molecule has 0 radical (unpaired) electrons. The summed E-state index contributed by atoms with van der Waals surface area (Å²) in [5.74, 6) is -2.87. The average molecular weight is 137 g/mol. The van der Waals surface area contributed by atoms with Crippen LogP contribution in [0.1, 0.15) is 6.42 Å². The van der Waals surface area contributed by atoms with Crippen LogP contribution in [-0.4, -0.2) is 39.0 Å². The van der Waals surface area contributed by atoms with E-state index in [4.69, 9.17) is 26.2 Å². The van der Waals surface area contributed by atoms with Gasteiger partial charge in [-0.1, -0.05) is 0 Å². The zero-order valence-electron chi connectivity index (χ0n) is 4.86. The molecule has 0 aromatic heterocycles. The first-order valence-corrected chi connectivity index (χ1v) is 2.52. The van der Waals surface area contributed by atoms with Crippen LogP contribution >= 0.6 is 0 Å². The first kappa shape index (κ1) is 8.80. The fourth-order valence-corrected chi connectivity index (χ4v) is 0.333. The number of nitrogens with two attached hydrogens (primary N) is 1. The Balaban J connectivity index is 3.59. The molecule has 0 saturated heterocycles. The number of hydrogen-bond donors (Lipinski definition) is 5. The number of aliphatic hydroxyl groups is 4. The second-order valence-electron chi connectivity index (χ2n) is 1.81. The van der Waals surface area contributed by atoms with E-state index in [0.717, 1.165) is 0 Å². The van der Waals surface area contributed by atoms with Gasteiger partial charge < -0.3 is 26.2 Å². The van der Waals surface area contributed by atoms with Gasteiger partial charge in [-0.05, 0) is 6.42 Å². The maximum absolute atomic E-state index is 8.29. The maximum Gasteiger partial charge on any atom is 0.291 e. The molecule has 56 valence electrons. The van der Waals surface area contributed by atoms with Gasteiger partial charge in [0.2, 0.25) is 0 Å². The number of aliphatic hydroxyl groups excluding tert-OH is 1. The van der Waals surface area contributed by atoms with E-state index in [9.17, 15) is 0 Å². The van der Waals surface area contributed by atoms with Gasteiger partial charge in [-0.25, -0.2) is 0 Å². The van der Waals surface area contributed by atoms with Crippen LogP contribution in [-0.2, 0) is 0 Å². The molecule has 0 heterocycles. The van der Waals surface area contributed by atoms with E-state index in [1.165, 1.54) is 0 Å². The highest BCUT2D eigenvalue weighted by atomic mass is 16.7. The SMILES string of the molecule is NC(CCO)C(O)(O)O. The summed E-state index contributed by atoms with van der Waals surface area (Å²) in [6, 6.07) is -1.22. The largest absolute Gasteiger partial charge is 0.396 e. The van der Waals surface area contributed by atoms with Crippen molar-refractivity contribution in [2.45, 2.75) is 18.4 Å². The van der Waals surface area contributed by atoms with E-state index in [0.29, 0.717) is 0 Å². The van der Waals surface area contributed by atoms with Crippen molar-refractivity contribution in [2.75, 3.05) is 6.61 Å². The molecule has 5 nitrogen and oxygen atoms in total. The first-order valence-electron chi connectivity index (χ1n) is 2.52. The van der Waals surface area contributed by atoms with Gasteiger partial charge in [-0.2, -0.15) is 0 Å². The molecule has 0 aliphatic rings. The molecule has 0 saturated carbocycles. The van der Waals surface area contributed by atoms with Crippen LogP contribution in [0, 0.1) is 0 Å². The lowest BCUT2D eigenvalue weighted by Gasteiger charge is -2.20. The van der Waals surface area contributed by atoms with Crippen molar-refractivity contribution in [3.63, 3.8) is 0 Å². The van der Waals surface area contributed by atoms with E-state index in [1.807, 2.05) is 0 Å². The van der Waals surface area contributed by atoms with Gasteiger partial charge in [-0.15, -0.1) is 0 Å². The molecule has 0 spiro atoms. The topological polar surface area (TPSA) is 107 Å². The van der Waals surface area contributed by atoms with E-state index < -0.39 is 12.0 Å². The van der Waals surface area contributed by atoms with Crippen LogP contribution in [0.4, 0.5) is 0 Å². The second kappa shape index (κ2) is 3.09. The minimum absolute atomic E-state index is 0.0521. The highest BCUT2D eigenvalue weighted by Crippen LogP contribution is 2.01. The molecule has 1 atom stereocenters. The molecule has 0 fully saturated rings. The number of rotatable bonds is 3. The molecule has 0 rings (SSSR count). The number of hydrogen-bond acceptors (Lipinski definition) is 5. The summed E-state index contributed by atoms with van der Waals surface area (Å²) >= 11 is 0. The molecular formula is C4H11NO4. The molecule has 5 heteroatoms. The highest BCUT2D eigenvalue weighted by molar-refractivity contribution is 4.67. The molecule has 0 bridgehead atoms. The predicted molar refractivity (Wildman–Crippen MR) is 29.1 cm³/mol. The molecule has 0 amide bonds. The monoisotopic (exact) mass is 137 g/mol. The molecule has 9 heavy (non-hydrogen) atoms. The molecule has 0 aromatic carbocycles. The summed E-state index contributed by atoms with van der Waals surface area (Å²) in [7, 11) is 0.